The molecule has 2 amide bonds. The minimum Gasteiger partial charge on any atom is -0.355 e. The van der Waals surface area contributed by atoms with E-state index in [0.29, 0.717) is 19.5 Å². The molecule has 2 aliphatic heterocycles. The Bertz CT molecular complexity index is 555. The van der Waals surface area contributed by atoms with Crippen molar-refractivity contribution in [1.29, 1.82) is 0 Å². The van der Waals surface area contributed by atoms with Crippen LogP contribution in [0, 0.1) is 5.92 Å². The van der Waals surface area contributed by atoms with Gasteiger partial charge in [-0.2, -0.15) is 0 Å². The average molecular weight is 329 g/mol. The van der Waals surface area contributed by atoms with Gasteiger partial charge in [0, 0.05) is 18.8 Å². The second kappa shape index (κ2) is 8.29. The van der Waals surface area contributed by atoms with E-state index in [4.69, 9.17) is 0 Å². The summed E-state index contributed by atoms with van der Waals surface area (Å²) in [7, 11) is 0. The molecule has 3 rings (SSSR count). The van der Waals surface area contributed by atoms with Crippen LogP contribution >= 0.6 is 0 Å². The topological polar surface area (TPSA) is 52.7 Å². The van der Waals surface area contributed by atoms with Crippen molar-refractivity contribution in [3.63, 3.8) is 0 Å². The van der Waals surface area contributed by atoms with Gasteiger partial charge in [-0.3, -0.25) is 9.59 Å². The zero-order valence-electron chi connectivity index (χ0n) is 14.2. The summed E-state index contributed by atoms with van der Waals surface area (Å²) in [4.78, 5) is 29.0. The lowest BCUT2D eigenvalue weighted by atomic mass is 10.1. The first-order valence-electron chi connectivity index (χ1n) is 9.12. The molecule has 24 heavy (non-hydrogen) atoms. The van der Waals surface area contributed by atoms with Crippen molar-refractivity contribution in [2.45, 2.75) is 32.1 Å². The maximum Gasteiger partial charge on any atom is 0.239 e. The summed E-state index contributed by atoms with van der Waals surface area (Å²) in [5.41, 5.74) is 0.878. The van der Waals surface area contributed by atoms with E-state index in [9.17, 15) is 9.59 Å². The van der Waals surface area contributed by atoms with Gasteiger partial charge in [-0.25, -0.2) is 0 Å². The third-order valence-electron chi connectivity index (χ3n) is 4.99. The van der Waals surface area contributed by atoms with Gasteiger partial charge < -0.3 is 15.1 Å². The maximum atomic E-state index is 12.5. The van der Waals surface area contributed by atoms with Gasteiger partial charge in [-0.05, 0) is 57.5 Å². The Morgan fingerprint density at radius 2 is 1.83 bits per heavy atom. The Labute approximate surface area is 144 Å². The molecule has 5 heteroatoms. The van der Waals surface area contributed by atoms with Crippen LogP contribution in [0.25, 0.3) is 0 Å². The minimum absolute atomic E-state index is 0.0743. The van der Waals surface area contributed by atoms with Crippen LogP contribution < -0.4 is 10.2 Å². The first kappa shape index (κ1) is 17.0. The van der Waals surface area contributed by atoms with Crippen LogP contribution in [0.1, 0.15) is 32.1 Å². The maximum absolute atomic E-state index is 12.5. The monoisotopic (exact) mass is 329 g/mol. The fraction of sp³-hybridized carbons (Fsp3) is 0.579. The van der Waals surface area contributed by atoms with Crippen molar-refractivity contribution in [3.05, 3.63) is 30.3 Å². The Kier molecular flexibility index (Phi) is 5.86. The molecular weight excluding hydrogens is 302 g/mol. The number of nitrogens with zero attached hydrogens (tertiary/aromatic N) is 2. The van der Waals surface area contributed by atoms with Gasteiger partial charge in [-0.15, -0.1) is 0 Å². The second-order valence-electron chi connectivity index (χ2n) is 6.71. The van der Waals surface area contributed by atoms with E-state index in [1.54, 1.807) is 4.90 Å². The summed E-state index contributed by atoms with van der Waals surface area (Å²) in [5.74, 6) is -0.716. The number of nitrogens with one attached hydrogen (secondary N) is 1. The number of amides is 2. The number of carbonyl (C=O) groups excluding carboxylic acids is 2. The summed E-state index contributed by atoms with van der Waals surface area (Å²) >= 11 is 0. The van der Waals surface area contributed by atoms with E-state index in [1.807, 2.05) is 30.3 Å². The standard InChI is InChI=1S/C19H27N3O2/c23-18(20-11-7-14-21-12-5-2-6-13-21)17-10-15-22(19(17)24)16-8-3-1-4-9-16/h1,3-4,8-9,17H,2,5-7,10-15H2,(H,20,23)/t17-/m0/s1. The Hall–Kier alpha value is -1.88. The summed E-state index contributed by atoms with van der Waals surface area (Å²) < 4.78 is 0. The Morgan fingerprint density at radius 1 is 1.08 bits per heavy atom. The minimum atomic E-state index is -0.528. The lowest BCUT2D eigenvalue weighted by molar-refractivity contribution is -0.132. The molecule has 2 heterocycles. The van der Waals surface area contributed by atoms with Crippen LogP contribution in [0.4, 0.5) is 5.69 Å². The van der Waals surface area contributed by atoms with Crippen LogP contribution in [-0.4, -0.2) is 49.4 Å². The van der Waals surface area contributed by atoms with E-state index >= 15 is 0 Å². The van der Waals surface area contributed by atoms with Crippen LogP contribution in [-0.2, 0) is 9.59 Å². The molecule has 2 fully saturated rings. The van der Waals surface area contributed by atoms with Crippen molar-refractivity contribution in [1.82, 2.24) is 10.2 Å². The molecule has 0 spiro atoms. The predicted molar refractivity (Wildman–Crippen MR) is 94.8 cm³/mol. The molecule has 0 aliphatic carbocycles. The molecule has 0 aromatic heterocycles. The smallest absolute Gasteiger partial charge is 0.239 e. The average Bonchev–Trinajstić information content (AvgIpc) is 3.02. The normalized spacial score (nSPS) is 21.9. The van der Waals surface area contributed by atoms with Crippen molar-refractivity contribution in [3.8, 4) is 0 Å². The molecule has 1 atom stereocenters. The van der Waals surface area contributed by atoms with Gasteiger partial charge in [0.2, 0.25) is 11.8 Å². The zero-order valence-corrected chi connectivity index (χ0v) is 14.2. The second-order valence-corrected chi connectivity index (χ2v) is 6.71. The number of anilines is 1. The first-order chi connectivity index (χ1) is 11.8. The predicted octanol–water partition coefficient (Wildman–Crippen LogP) is 2.03. The number of likely N-dealkylation sites (tertiary alicyclic amines) is 1. The lowest BCUT2D eigenvalue weighted by Crippen LogP contribution is -2.38. The van der Waals surface area contributed by atoms with E-state index in [0.717, 1.165) is 18.7 Å². The first-order valence-corrected chi connectivity index (χ1v) is 9.12. The van der Waals surface area contributed by atoms with Gasteiger partial charge in [0.25, 0.3) is 0 Å². The van der Waals surface area contributed by atoms with E-state index in [-0.39, 0.29) is 11.8 Å². The lowest BCUT2D eigenvalue weighted by Gasteiger charge is -2.26. The molecule has 130 valence electrons. The fourth-order valence-electron chi connectivity index (χ4n) is 3.61. The van der Waals surface area contributed by atoms with E-state index in [1.165, 1.54) is 32.4 Å². The molecular formula is C19H27N3O2. The van der Waals surface area contributed by atoms with Crippen molar-refractivity contribution in [2.24, 2.45) is 5.92 Å². The molecule has 2 aliphatic rings. The summed E-state index contributed by atoms with van der Waals surface area (Å²) in [6.07, 6.45) is 5.48. The quantitative estimate of drug-likeness (QED) is 0.642. The van der Waals surface area contributed by atoms with Crippen LogP contribution in [0.2, 0.25) is 0 Å². The third kappa shape index (κ3) is 4.15. The number of rotatable bonds is 6. The molecule has 1 aromatic rings. The molecule has 0 unspecified atom stereocenters. The molecule has 1 aromatic carbocycles. The van der Waals surface area contributed by atoms with Crippen LogP contribution in [0.5, 0.6) is 0 Å². The highest BCUT2D eigenvalue weighted by Gasteiger charge is 2.37. The summed E-state index contributed by atoms with van der Waals surface area (Å²) in [6.45, 7) is 4.68. The van der Waals surface area contributed by atoms with E-state index in [2.05, 4.69) is 10.2 Å². The molecule has 0 bridgehead atoms. The number of hydrogen-bond donors (Lipinski definition) is 1. The van der Waals surface area contributed by atoms with Crippen LogP contribution in [0.3, 0.4) is 0 Å². The van der Waals surface area contributed by atoms with Gasteiger partial charge in [-0.1, -0.05) is 24.6 Å². The summed E-state index contributed by atoms with van der Waals surface area (Å²) in [5, 5.41) is 2.95. The molecule has 0 radical (unpaired) electrons. The third-order valence-corrected chi connectivity index (χ3v) is 4.99. The highest BCUT2D eigenvalue weighted by molar-refractivity contribution is 6.09. The van der Waals surface area contributed by atoms with Crippen LogP contribution in [0.15, 0.2) is 30.3 Å². The van der Waals surface area contributed by atoms with Gasteiger partial charge >= 0.3 is 0 Å². The Morgan fingerprint density at radius 3 is 2.58 bits per heavy atom. The summed E-state index contributed by atoms with van der Waals surface area (Å²) in [6, 6.07) is 9.58. The highest BCUT2D eigenvalue weighted by atomic mass is 16.2. The number of carbonyl (C=O) groups is 2. The number of hydrogen-bond acceptors (Lipinski definition) is 3. The van der Waals surface area contributed by atoms with Gasteiger partial charge in [0.05, 0.1) is 0 Å². The highest BCUT2D eigenvalue weighted by Crippen LogP contribution is 2.25. The molecule has 2 saturated heterocycles. The SMILES string of the molecule is O=C(NCCCN1CCCCC1)[C@@H]1CCN(c2ccccc2)C1=O. The van der Waals surface area contributed by atoms with E-state index < -0.39 is 5.92 Å². The number of para-hydroxylation sites is 1. The zero-order chi connectivity index (χ0) is 16.8. The molecule has 0 saturated carbocycles. The van der Waals surface area contributed by atoms with Gasteiger partial charge in [0.1, 0.15) is 5.92 Å². The fourth-order valence-corrected chi connectivity index (χ4v) is 3.61. The largest absolute Gasteiger partial charge is 0.355 e. The van der Waals surface area contributed by atoms with Crippen molar-refractivity contribution < 1.29 is 9.59 Å². The number of benzene rings is 1. The van der Waals surface area contributed by atoms with Gasteiger partial charge in [0.15, 0.2) is 0 Å². The van der Waals surface area contributed by atoms with Crippen molar-refractivity contribution >= 4 is 17.5 Å². The Balaban J connectivity index is 1.41. The molecule has 5 nitrogen and oxygen atoms in total. The number of piperidine rings is 1. The molecule has 1 N–H and O–H groups in total. The van der Waals surface area contributed by atoms with Crippen molar-refractivity contribution in [2.75, 3.05) is 37.6 Å².